The Kier molecular flexibility index (Phi) is 6.17. The van der Waals surface area contributed by atoms with Crippen LogP contribution in [0.3, 0.4) is 0 Å². The lowest BCUT2D eigenvalue weighted by Gasteiger charge is -2.19. The molecule has 0 aromatic heterocycles. The van der Waals surface area contributed by atoms with Crippen molar-refractivity contribution < 1.29 is 14.3 Å². The van der Waals surface area contributed by atoms with E-state index in [4.69, 9.17) is 27.9 Å². The summed E-state index contributed by atoms with van der Waals surface area (Å²) in [6.45, 7) is 0. The Morgan fingerprint density at radius 2 is 1.62 bits per heavy atom. The summed E-state index contributed by atoms with van der Waals surface area (Å²) < 4.78 is 5.44. The van der Waals surface area contributed by atoms with Gasteiger partial charge in [-0.2, -0.15) is 0 Å². The van der Waals surface area contributed by atoms with Gasteiger partial charge in [-0.3, -0.25) is 9.59 Å². The van der Waals surface area contributed by atoms with Gasteiger partial charge in [-0.15, -0.1) is 0 Å². The summed E-state index contributed by atoms with van der Waals surface area (Å²) in [5, 5.41) is 3.49. The molecule has 1 saturated carbocycles. The van der Waals surface area contributed by atoms with Crippen molar-refractivity contribution in [1.29, 1.82) is 0 Å². The van der Waals surface area contributed by atoms with E-state index in [1.807, 2.05) is 0 Å². The van der Waals surface area contributed by atoms with Crippen LogP contribution in [0.2, 0.25) is 10.0 Å². The Bertz CT molecular complexity index is 799. The minimum absolute atomic E-state index is 0.00205. The monoisotopic (exact) mass is 391 g/mol. The van der Waals surface area contributed by atoms with E-state index in [0.29, 0.717) is 27.0 Å². The Morgan fingerprint density at radius 1 is 0.923 bits per heavy atom. The molecule has 2 aromatic rings. The van der Waals surface area contributed by atoms with Crippen LogP contribution in [0.25, 0.3) is 0 Å². The van der Waals surface area contributed by atoms with Crippen molar-refractivity contribution in [3.8, 4) is 5.75 Å². The van der Waals surface area contributed by atoms with Gasteiger partial charge in [0.2, 0.25) is 0 Å². The number of hydrogen-bond donors (Lipinski definition) is 1. The molecule has 1 amide bonds. The second kappa shape index (κ2) is 8.56. The highest BCUT2D eigenvalue weighted by atomic mass is 35.5. The molecular formula is C20H19Cl2NO3. The molecule has 6 heteroatoms. The van der Waals surface area contributed by atoms with Crippen LogP contribution in [0, 0.1) is 5.92 Å². The van der Waals surface area contributed by atoms with Crippen LogP contribution >= 0.6 is 23.2 Å². The SMILES string of the molecule is O=C(Nc1ccc(OC(=O)C2CCCCC2)cc1)c1ccc(Cl)c(Cl)c1. The largest absolute Gasteiger partial charge is 0.426 e. The molecule has 1 fully saturated rings. The van der Waals surface area contributed by atoms with Crippen molar-refractivity contribution in [2.45, 2.75) is 32.1 Å². The zero-order valence-corrected chi connectivity index (χ0v) is 15.6. The summed E-state index contributed by atoms with van der Waals surface area (Å²) in [7, 11) is 0. The Morgan fingerprint density at radius 3 is 2.27 bits per heavy atom. The lowest BCUT2D eigenvalue weighted by atomic mass is 9.89. The summed E-state index contributed by atoms with van der Waals surface area (Å²) in [5.74, 6) is 0.0127. The average molecular weight is 392 g/mol. The second-order valence-electron chi connectivity index (χ2n) is 6.36. The van der Waals surface area contributed by atoms with Crippen LogP contribution in [0.1, 0.15) is 42.5 Å². The fourth-order valence-corrected chi connectivity index (χ4v) is 3.28. The molecule has 136 valence electrons. The predicted molar refractivity (Wildman–Crippen MR) is 103 cm³/mol. The minimum Gasteiger partial charge on any atom is -0.426 e. The number of ether oxygens (including phenoxy) is 1. The Labute approximate surface area is 162 Å². The summed E-state index contributed by atoms with van der Waals surface area (Å²) in [6.07, 6.45) is 5.16. The van der Waals surface area contributed by atoms with E-state index in [1.165, 1.54) is 12.5 Å². The Balaban J connectivity index is 1.59. The maximum absolute atomic E-state index is 12.2. The van der Waals surface area contributed by atoms with Gasteiger partial charge in [-0.1, -0.05) is 42.5 Å². The average Bonchev–Trinajstić information content (AvgIpc) is 2.66. The van der Waals surface area contributed by atoms with E-state index in [0.717, 1.165) is 25.7 Å². The maximum atomic E-state index is 12.2. The van der Waals surface area contributed by atoms with E-state index >= 15 is 0 Å². The quantitative estimate of drug-likeness (QED) is 0.534. The lowest BCUT2D eigenvalue weighted by Crippen LogP contribution is -2.22. The van der Waals surface area contributed by atoms with Crippen molar-refractivity contribution in [2.75, 3.05) is 5.32 Å². The van der Waals surface area contributed by atoms with Gasteiger partial charge in [0, 0.05) is 11.3 Å². The van der Waals surface area contributed by atoms with Crippen molar-refractivity contribution in [2.24, 2.45) is 5.92 Å². The number of nitrogens with one attached hydrogen (secondary N) is 1. The molecule has 1 N–H and O–H groups in total. The van der Waals surface area contributed by atoms with Gasteiger partial charge in [-0.05, 0) is 55.3 Å². The smallest absolute Gasteiger partial charge is 0.314 e. The number of carbonyl (C=O) groups excluding carboxylic acids is 2. The van der Waals surface area contributed by atoms with Crippen LogP contribution in [-0.2, 0) is 4.79 Å². The number of hydrogen-bond acceptors (Lipinski definition) is 3. The first kappa shape index (κ1) is 18.7. The van der Waals surface area contributed by atoms with Crippen LogP contribution in [0.5, 0.6) is 5.75 Å². The summed E-state index contributed by atoms with van der Waals surface area (Å²) >= 11 is 11.8. The third kappa shape index (κ3) is 4.77. The third-order valence-corrected chi connectivity index (χ3v) is 5.19. The van der Waals surface area contributed by atoms with Gasteiger partial charge in [0.05, 0.1) is 16.0 Å². The fraction of sp³-hybridized carbons (Fsp3) is 0.300. The number of amides is 1. The van der Waals surface area contributed by atoms with Crippen molar-refractivity contribution in [3.05, 3.63) is 58.1 Å². The second-order valence-corrected chi connectivity index (χ2v) is 7.18. The van der Waals surface area contributed by atoms with Crippen molar-refractivity contribution in [1.82, 2.24) is 0 Å². The van der Waals surface area contributed by atoms with E-state index in [2.05, 4.69) is 5.32 Å². The molecule has 0 bridgehead atoms. The predicted octanol–water partition coefficient (Wildman–Crippen LogP) is 5.73. The molecule has 0 atom stereocenters. The number of anilines is 1. The van der Waals surface area contributed by atoms with Crippen LogP contribution in [-0.4, -0.2) is 11.9 Å². The van der Waals surface area contributed by atoms with E-state index < -0.39 is 0 Å². The molecular weight excluding hydrogens is 373 g/mol. The molecule has 0 heterocycles. The molecule has 1 aliphatic rings. The number of halogens is 2. The van der Waals surface area contributed by atoms with Crippen molar-refractivity contribution >= 4 is 40.8 Å². The number of rotatable bonds is 4. The molecule has 26 heavy (non-hydrogen) atoms. The summed E-state index contributed by atoms with van der Waals surface area (Å²) in [6, 6.07) is 11.4. The lowest BCUT2D eigenvalue weighted by molar-refractivity contribution is -0.139. The van der Waals surface area contributed by atoms with E-state index in [9.17, 15) is 9.59 Å². The Hall–Kier alpha value is -2.04. The van der Waals surface area contributed by atoms with Gasteiger partial charge in [-0.25, -0.2) is 0 Å². The van der Waals surface area contributed by atoms with Crippen LogP contribution in [0.4, 0.5) is 5.69 Å². The molecule has 4 nitrogen and oxygen atoms in total. The molecule has 0 unspecified atom stereocenters. The molecule has 2 aromatic carbocycles. The van der Waals surface area contributed by atoms with Crippen LogP contribution in [0.15, 0.2) is 42.5 Å². The van der Waals surface area contributed by atoms with Gasteiger partial charge >= 0.3 is 5.97 Å². The van der Waals surface area contributed by atoms with Gasteiger partial charge < -0.3 is 10.1 Å². The highest BCUT2D eigenvalue weighted by Gasteiger charge is 2.22. The first-order valence-electron chi connectivity index (χ1n) is 8.61. The molecule has 3 rings (SSSR count). The number of benzene rings is 2. The third-order valence-electron chi connectivity index (χ3n) is 4.45. The van der Waals surface area contributed by atoms with E-state index in [1.54, 1.807) is 36.4 Å². The molecule has 1 aliphatic carbocycles. The van der Waals surface area contributed by atoms with E-state index in [-0.39, 0.29) is 17.8 Å². The van der Waals surface area contributed by atoms with Crippen LogP contribution < -0.4 is 10.1 Å². The highest BCUT2D eigenvalue weighted by molar-refractivity contribution is 6.42. The first-order valence-corrected chi connectivity index (χ1v) is 9.36. The topological polar surface area (TPSA) is 55.4 Å². The molecule has 0 spiro atoms. The number of esters is 1. The minimum atomic E-state index is -0.296. The maximum Gasteiger partial charge on any atom is 0.314 e. The van der Waals surface area contributed by atoms with Gasteiger partial charge in [0.25, 0.3) is 5.91 Å². The summed E-state index contributed by atoms with van der Waals surface area (Å²) in [4.78, 5) is 24.4. The fourth-order valence-electron chi connectivity index (χ4n) is 2.98. The highest BCUT2D eigenvalue weighted by Crippen LogP contribution is 2.26. The first-order chi connectivity index (χ1) is 12.5. The van der Waals surface area contributed by atoms with Gasteiger partial charge in [0.15, 0.2) is 0 Å². The summed E-state index contributed by atoms with van der Waals surface area (Å²) in [5.41, 5.74) is 1.01. The zero-order chi connectivity index (χ0) is 18.5. The van der Waals surface area contributed by atoms with Gasteiger partial charge in [0.1, 0.15) is 5.75 Å². The molecule has 0 aliphatic heterocycles. The zero-order valence-electron chi connectivity index (χ0n) is 14.1. The standard InChI is InChI=1S/C20H19Cl2NO3/c21-17-11-6-14(12-18(17)22)19(24)23-15-7-9-16(10-8-15)26-20(25)13-4-2-1-3-5-13/h6-13H,1-5H2,(H,23,24). The van der Waals surface area contributed by atoms with Crippen molar-refractivity contribution in [3.63, 3.8) is 0 Å². The molecule has 0 saturated heterocycles. The number of carbonyl (C=O) groups is 2. The normalized spacial score (nSPS) is 14.7. The molecule has 0 radical (unpaired) electrons.